The highest BCUT2D eigenvalue weighted by atomic mass is 16.2. The number of rotatable bonds is 5. The zero-order valence-electron chi connectivity index (χ0n) is 15.1. The monoisotopic (exact) mass is 360 g/mol. The van der Waals surface area contributed by atoms with Crippen molar-refractivity contribution in [2.45, 2.75) is 26.3 Å². The number of anilines is 1. The predicted molar refractivity (Wildman–Crippen MR) is 106 cm³/mol. The van der Waals surface area contributed by atoms with E-state index in [1.54, 1.807) is 16.8 Å². The molecule has 1 N–H and O–H groups in total. The standard InChI is InChI=1S/C21H20N4O2/c1-2-15-7-9-16(10-8-15)23-19(26)11-14-25-20-17(5-3-12-22-20)24-13-4-6-18(24)21(25)27/h3-10,12-13H,2,11,14H2,1H3,(H,23,26). The molecule has 0 bridgehead atoms. The molecule has 3 heterocycles. The number of carbonyl (C=O) groups is 1. The normalized spacial score (nSPS) is 11.1. The van der Waals surface area contributed by atoms with Crippen molar-refractivity contribution in [3.8, 4) is 0 Å². The summed E-state index contributed by atoms with van der Waals surface area (Å²) in [6.45, 7) is 2.36. The summed E-state index contributed by atoms with van der Waals surface area (Å²) in [5.41, 5.74) is 3.82. The first-order chi connectivity index (χ1) is 13.2. The molecule has 3 aromatic heterocycles. The summed E-state index contributed by atoms with van der Waals surface area (Å²) < 4.78 is 3.40. The summed E-state index contributed by atoms with van der Waals surface area (Å²) in [7, 11) is 0. The molecule has 0 spiro atoms. The van der Waals surface area contributed by atoms with Crippen LogP contribution in [0.25, 0.3) is 16.7 Å². The minimum Gasteiger partial charge on any atom is -0.326 e. The third-order valence-electron chi connectivity index (χ3n) is 4.70. The first-order valence-electron chi connectivity index (χ1n) is 9.01. The maximum absolute atomic E-state index is 12.8. The second kappa shape index (κ2) is 7.07. The predicted octanol–water partition coefficient (Wildman–Crippen LogP) is 3.24. The van der Waals surface area contributed by atoms with E-state index in [4.69, 9.17) is 0 Å². The van der Waals surface area contributed by atoms with Gasteiger partial charge in [-0.15, -0.1) is 0 Å². The van der Waals surface area contributed by atoms with E-state index in [2.05, 4.69) is 17.2 Å². The lowest BCUT2D eigenvalue weighted by Crippen LogP contribution is -2.25. The van der Waals surface area contributed by atoms with Crippen molar-refractivity contribution >= 4 is 28.3 Å². The third kappa shape index (κ3) is 3.21. The van der Waals surface area contributed by atoms with Crippen LogP contribution in [0.4, 0.5) is 5.69 Å². The van der Waals surface area contributed by atoms with Gasteiger partial charge in [-0.05, 0) is 48.4 Å². The van der Waals surface area contributed by atoms with Gasteiger partial charge >= 0.3 is 0 Å². The van der Waals surface area contributed by atoms with Crippen LogP contribution in [0.1, 0.15) is 18.9 Å². The summed E-state index contributed by atoms with van der Waals surface area (Å²) in [5, 5.41) is 2.88. The molecule has 136 valence electrons. The van der Waals surface area contributed by atoms with Gasteiger partial charge in [0.2, 0.25) is 5.91 Å². The van der Waals surface area contributed by atoms with Gasteiger partial charge in [-0.2, -0.15) is 0 Å². The number of fused-ring (bicyclic) bond motifs is 3. The zero-order valence-corrected chi connectivity index (χ0v) is 15.1. The SMILES string of the molecule is CCc1ccc(NC(=O)CCn2c(=O)c3cccn3c3cccnc32)cc1. The molecule has 0 saturated carbocycles. The Morgan fingerprint density at radius 3 is 2.63 bits per heavy atom. The Morgan fingerprint density at radius 1 is 1.07 bits per heavy atom. The van der Waals surface area contributed by atoms with E-state index in [-0.39, 0.29) is 24.4 Å². The Balaban J connectivity index is 1.58. The summed E-state index contributed by atoms with van der Waals surface area (Å²) >= 11 is 0. The maximum atomic E-state index is 12.8. The number of nitrogens with zero attached hydrogens (tertiary/aromatic N) is 3. The molecule has 6 heteroatoms. The highest BCUT2D eigenvalue weighted by Crippen LogP contribution is 2.14. The Bertz CT molecular complexity index is 1170. The lowest BCUT2D eigenvalue weighted by atomic mass is 10.1. The van der Waals surface area contributed by atoms with Gasteiger partial charge in [0.25, 0.3) is 5.56 Å². The molecule has 1 amide bonds. The van der Waals surface area contributed by atoms with Crippen LogP contribution in [0.15, 0.2) is 65.7 Å². The summed E-state index contributed by atoms with van der Waals surface area (Å²) in [6, 6.07) is 15.2. The van der Waals surface area contributed by atoms with Crippen molar-refractivity contribution in [2.75, 3.05) is 5.32 Å². The number of hydrogen-bond donors (Lipinski definition) is 1. The molecule has 0 aliphatic heterocycles. The van der Waals surface area contributed by atoms with Gasteiger partial charge in [-0.1, -0.05) is 19.1 Å². The molecular weight excluding hydrogens is 340 g/mol. The second-order valence-electron chi connectivity index (χ2n) is 6.42. The van der Waals surface area contributed by atoms with Crippen molar-refractivity contribution in [2.24, 2.45) is 0 Å². The van der Waals surface area contributed by atoms with Crippen molar-refractivity contribution in [3.05, 3.63) is 76.8 Å². The van der Waals surface area contributed by atoms with Gasteiger partial charge in [0.05, 0.1) is 5.52 Å². The molecule has 4 aromatic rings. The molecule has 4 rings (SSSR count). The highest BCUT2D eigenvalue weighted by molar-refractivity contribution is 5.90. The fourth-order valence-corrected chi connectivity index (χ4v) is 3.25. The first kappa shape index (κ1) is 17.0. The second-order valence-corrected chi connectivity index (χ2v) is 6.42. The van der Waals surface area contributed by atoms with Crippen LogP contribution in [0.5, 0.6) is 0 Å². The molecule has 0 unspecified atom stereocenters. The quantitative estimate of drug-likeness (QED) is 0.594. The van der Waals surface area contributed by atoms with Gasteiger partial charge in [0, 0.05) is 31.0 Å². The van der Waals surface area contributed by atoms with Crippen molar-refractivity contribution in [1.29, 1.82) is 0 Å². The Kier molecular flexibility index (Phi) is 4.46. The largest absolute Gasteiger partial charge is 0.326 e. The smallest absolute Gasteiger partial charge is 0.276 e. The van der Waals surface area contributed by atoms with E-state index in [9.17, 15) is 9.59 Å². The van der Waals surface area contributed by atoms with Crippen LogP contribution < -0.4 is 10.9 Å². The van der Waals surface area contributed by atoms with Gasteiger partial charge < -0.3 is 9.72 Å². The number of aromatic nitrogens is 3. The summed E-state index contributed by atoms with van der Waals surface area (Å²) in [6.07, 6.45) is 4.65. The van der Waals surface area contributed by atoms with Crippen LogP contribution >= 0.6 is 0 Å². The molecule has 0 atom stereocenters. The first-order valence-corrected chi connectivity index (χ1v) is 9.01. The van der Waals surface area contributed by atoms with E-state index in [0.717, 1.165) is 17.6 Å². The number of nitrogens with one attached hydrogen (secondary N) is 1. The van der Waals surface area contributed by atoms with Crippen LogP contribution in [0.2, 0.25) is 0 Å². The summed E-state index contributed by atoms with van der Waals surface area (Å²) in [4.78, 5) is 29.5. The molecule has 0 aliphatic carbocycles. The average Bonchev–Trinajstić information content (AvgIpc) is 3.19. The Labute approximate surface area is 156 Å². The van der Waals surface area contributed by atoms with Crippen molar-refractivity contribution in [1.82, 2.24) is 14.0 Å². The molecule has 0 radical (unpaired) electrons. The molecule has 0 aliphatic rings. The molecule has 27 heavy (non-hydrogen) atoms. The van der Waals surface area contributed by atoms with E-state index >= 15 is 0 Å². The minimum atomic E-state index is -0.147. The fraction of sp³-hybridized carbons (Fsp3) is 0.190. The number of aryl methyl sites for hydroxylation is 2. The molecule has 0 saturated heterocycles. The lowest BCUT2D eigenvalue weighted by Gasteiger charge is -2.12. The highest BCUT2D eigenvalue weighted by Gasteiger charge is 2.12. The molecular formula is C21H20N4O2. The third-order valence-corrected chi connectivity index (χ3v) is 4.70. The van der Waals surface area contributed by atoms with E-state index in [0.29, 0.717) is 11.2 Å². The molecule has 0 fully saturated rings. The van der Waals surface area contributed by atoms with E-state index < -0.39 is 0 Å². The van der Waals surface area contributed by atoms with Crippen LogP contribution in [-0.2, 0) is 17.8 Å². The van der Waals surface area contributed by atoms with Gasteiger partial charge in [0.15, 0.2) is 5.65 Å². The van der Waals surface area contributed by atoms with Crippen LogP contribution in [0.3, 0.4) is 0 Å². The average molecular weight is 360 g/mol. The fourth-order valence-electron chi connectivity index (χ4n) is 3.25. The number of pyridine rings is 1. The number of benzene rings is 1. The van der Waals surface area contributed by atoms with E-state index in [1.165, 1.54) is 5.56 Å². The summed E-state index contributed by atoms with van der Waals surface area (Å²) in [5.74, 6) is -0.134. The lowest BCUT2D eigenvalue weighted by molar-refractivity contribution is -0.116. The number of carbonyl (C=O) groups excluding carboxylic acids is 1. The van der Waals surface area contributed by atoms with Gasteiger partial charge in [-0.3, -0.25) is 14.2 Å². The Hall–Kier alpha value is -3.41. The minimum absolute atomic E-state index is 0.134. The van der Waals surface area contributed by atoms with Crippen molar-refractivity contribution < 1.29 is 4.79 Å². The van der Waals surface area contributed by atoms with Gasteiger partial charge in [-0.25, -0.2) is 4.98 Å². The number of hydrogen-bond acceptors (Lipinski definition) is 3. The van der Waals surface area contributed by atoms with Crippen LogP contribution in [0, 0.1) is 0 Å². The van der Waals surface area contributed by atoms with Crippen LogP contribution in [-0.4, -0.2) is 19.9 Å². The van der Waals surface area contributed by atoms with E-state index in [1.807, 2.05) is 53.1 Å². The topological polar surface area (TPSA) is 68.4 Å². The maximum Gasteiger partial charge on any atom is 0.276 e. The Morgan fingerprint density at radius 2 is 1.85 bits per heavy atom. The number of amides is 1. The zero-order chi connectivity index (χ0) is 18.8. The van der Waals surface area contributed by atoms with Gasteiger partial charge in [0.1, 0.15) is 5.52 Å². The molecule has 6 nitrogen and oxygen atoms in total. The van der Waals surface area contributed by atoms with Crippen molar-refractivity contribution in [3.63, 3.8) is 0 Å². The molecule has 1 aromatic carbocycles.